The Balaban J connectivity index is 0.00000385. The molecule has 1 atom stereocenters. The predicted molar refractivity (Wildman–Crippen MR) is 142 cm³/mol. The number of halogens is 1. The predicted octanol–water partition coefficient (Wildman–Crippen LogP) is 4.03. The third-order valence-electron chi connectivity index (χ3n) is 4.74. The fourth-order valence-corrected chi connectivity index (χ4v) is 3.20. The van der Waals surface area contributed by atoms with Gasteiger partial charge in [-0.05, 0) is 57.5 Å². The summed E-state index contributed by atoms with van der Waals surface area (Å²) in [5, 5.41) is 11.1. The molecule has 2 N–H and O–H groups in total. The van der Waals surface area contributed by atoms with Crippen molar-refractivity contribution >= 4 is 29.9 Å². The van der Waals surface area contributed by atoms with E-state index < -0.39 is 0 Å². The summed E-state index contributed by atoms with van der Waals surface area (Å²) in [5.41, 5.74) is 3.06. The summed E-state index contributed by atoms with van der Waals surface area (Å²) in [5.74, 6) is 3.08. The summed E-state index contributed by atoms with van der Waals surface area (Å²) in [6.07, 6.45) is 1.79. The Bertz CT molecular complexity index is 1040. The van der Waals surface area contributed by atoms with Crippen LogP contribution in [0.4, 0.5) is 0 Å². The minimum Gasteiger partial charge on any atom is -0.497 e. The number of guanidine groups is 1. The number of methoxy groups -OCH3 is 1. The summed E-state index contributed by atoms with van der Waals surface area (Å²) >= 11 is 0. The van der Waals surface area contributed by atoms with E-state index in [0.29, 0.717) is 13.1 Å². The molecule has 0 aliphatic heterocycles. The molecule has 0 aliphatic carbocycles. The molecule has 9 heteroatoms. The van der Waals surface area contributed by atoms with Gasteiger partial charge < -0.3 is 20.1 Å². The van der Waals surface area contributed by atoms with Crippen molar-refractivity contribution in [3.05, 3.63) is 65.6 Å². The zero-order valence-electron chi connectivity index (χ0n) is 19.8. The molecule has 2 aromatic heterocycles. The van der Waals surface area contributed by atoms with Crippen LogP contribution in [-0.4, -0.2) is 47.0 Å². The highest BCUT2D eigenvalue weighted by Gasteiger charge is 2.08. The van der Waals surface area contributed by atoms with Gasteiger partial charge >= 0.3 is 0 Å². The van der Waals surface area contributed by atoms with Gasteiger partial charge in [0.05, 0.1) is 25.9 Å². The van der Waals surface area contributed by atoms with Crippen LogP contribution >= 0.6 is 24.0 Å². The third kappa shape index (κ3) is 7.92. The van der Waals surface area contributed by atoms with Gasteiger partial charge in [0.1, 0.15) is 17.6 Å². The van der Waals surface area contributed by atoms with Gasteiger partial charge in [-0.3, -0.25) is 0 Å². The number of hydrogen-bond acceptors (Lipinski definition) is 5. The molecule has 8 nitrogen and oxygen atoms in total. The molecule has 0 spiro atoms. The van der Waals surface area contributed by atoms with Crippen molar-refractivity contribution in [1.82, 2.24) is 25.4 Å². The Morgan fingerprint density at radius 3 is 2.55 bits per heavy atom. The molecule has 0 bridgehead atoms. The Morgan fingerprint density at radius 1 is 1.12 bits per heavy atom. The number of nitrogens with one attached hydrogen (secondary N) is 2. The molecule has 0 fully saturated rings. The van der Waals surface area contributed by atoms with E-state index >= 15 is 0 Å². The Hall–Kier alpha value is -2.82. The molecular weight excluding hydrogens is 531 g/mol. The first-order valence-corrected chi connectivity index (χ1v) is 10.8. The van der Waals surface area contributed by atoms with Crippen LogP contribution in [0.15, 0.2) is 53.7 Å². The molecule has 0 saturated heterocycles. The number of nitrogens with zero attached hydrogens (tertiary/aromatic N) is 4. The first-order valence-electron chi connectivity index (χ1n) is 10.8. The molecule has 0 aliphatic rings. The largest absolute Gasteiger partial charge is 0.497 e. The monoisotopic (exact) mass is 564 g/mol. The van der Waals surface area contributed by atoms with E-state index in [4.69, 9.17) is 9.47 Å². The van der Waals surface area contributed by atoms with Gasteiger partial charge in [0.15, 0.2) is 11.8 Å². The van der Waals surface area contributed by atoms with Gasteiger partial charge in [0, 0.05) is 24.5 Å². The van der Waals surface area contributed by atoms with Crippen LogP contribution in [-0.2, 0) is 6.54 Å². The second-order valence-corrected chi connectivity index (χ2v) is 7.55. The number of benzene rings is 1. The zero-order chi connectivity index (χ0) is 22.9. The molecule has 3 aromatic rings. The van der Waals surface area contributed by atoms with Crippen LogP contribution in [0, 0.1) is 13.8 Å². The van der Waals surface area contributed by atoms with Crippen molar-refractivity contribution in [3.63, 3.8) is 0 Å². The van der Waals surface area contributed by atoms with Gasteiger partial charge in [-0.2, -0.15) is 5.10 Å². The Kier molecular flexibility index (Phi) is 10.4. The normalized spacial score (nSPS) is 12.0. The van der Waals surface area contributed by atoms with Crippen molar-refractivity contribution in [2.75, 3.05) is 20.2 Å². The summed E-state index contributed by atoms with van der Waals surface area (Å²) in [4.78, 5) is 9.21. The highest BCUT2D eigenvalue weighted by atomic mass is 127. The second-order valence-electron chi connectivity index (χ2n) is 7.55. The minimum absolute atomic E-state index is 0. The van der Waals surface area contributed by atoms with E-state index in [1.165, 1.54) is 0 Å². The van der Waals surface area contributed by atoms with Crippen LogP contribution in [0.1, 0.15) is 30.8 Å². The lowest BCUT2D eigenvalue weighted by molar-refractivity contribution is 0.223. The van der Waals surface area contributed by atoms with Gasteiger partial charge in [0.25, 0.3) is 0 Å². The number of aromatic nitrogens is 3. The standard InChI is InChI=1S/C24H32N6O2.HI/c1-6-25-24(27-14-19(4)32-22-9-7-8-21(13-22)31-5)28-16-20-10-11-23(26-15-20)30-18(3)12-17(2)29-30;/h7-13,15,19H,6,14,16H2,1-5H3,(H2,25,27,28);1H. The fraction of sp³-hybridized carbons (Fsp3) is 0.375. The number of ether oxygens (including phenoxy) is 2. The fourth-order valence-electron chi connectivity index (χ4n) is 3.20. The lowest BCUT2D eigenvalue weighted by atomic mass is 10.3. The molecule has 2 heterocycles. The number of aliphatic imine (C=N–C) groups is 1. The van der Waals surface area contributed by atoms with E-state index in [1.54, 1.807) is 7.11 Å². The molecule has 3 rings (SSSR count). The van der Waals surface area contributed by atoms with Crippen LogP contribution < -0.4 is 20.1 Å². The molecule has 178 valence electrons. The maximum Gasteiger partial charge on any atom is 0.191 e. The van der Waals surface area contributed by atoms with Gasteiger partial charge in [-0.1, -0.05) is 12.1 Å². The highest BCUT2D eigenvalue weighted by molar-refractivity contribution is 14.0. The van der Waals surface area contributed by atoms with E-state index in [9.17, 15) is 0 Å². The summed E-state index contributed by atoms with van der Waals surface area (Å²) in [6, 6.07) is 13.6. The van der Waals surface area contributed by atoms with E-state index in [-0.39, 0.29) is 30.1 Å². The first kappa shape index (κ1) is 26.4. The average Bonchev–Trinajstić information content (AvgIpc) is 3.14. The maximum absolute atomic E-state index is 5.97. The minimum atomic E-state index is -0.0484. The molecule has 0 amide bonds. The summed E-state index contributed by atoms with van der Waals surface area (Å²) < 4.78 is 13.1. The van der Waals surface area contributed by atoms with Crippen molar-refractivity contribution in [3.8, 4) is 17.3 Å². The van der Waals surface area contributed by atoms with E-state index in [0.717, 1.165) is 46.8 Å². The maximum atomic E-state index is 5.97. The quantitative estimate of drug-likeness (QED) is 0.232. The third-order valence-corrected chi connectivity index (χ3v) is 4.74. The van der Waals surface area contributed by atoms with Crippen LogP contribution in [0.2, 0.25) is 0 Å². The van der Waals surface area contributed by atoms with Crippen molar-refractivity contribution < 1.29 is 9.47 Å². The Labute approximate surface area is 212 Å². The van der Waals surface area contributed by atoms with Crippen LogP contribution in [0.5, 0.6) is 11.5 Å². The summed E-state index contributed by atoms with van der Waals surface area (Å²) in [6.45, 7) is 9.95. The van der Waals surface area contributed by atoms with Crippen molar-refractivity contribution in [2.45, 2.75) is 40.3 Å². The zero-order valence-corrected chi connectivity index (χ0v) is 22.2. The second kappa shape index (κ2) is 13.0. The smallest absolute Gasteiger partial charge is 0.191 e. The van der Waals surface area contributed by atoms with E-state index in [1.807, 2.05) is 81.0 Å². The van der Waals surface area contributed by atoms with Crippen molar-refractivity contribution in [2.24, 2.45) is 4.99 Å². The van der Waals surface area contributed by atoms with Gasteiger partial charge in [-0.15, -0.1) is 24.0 Å². The molecule has 1 unspecified atom stereocenters. The van der Waals surface area contributed by atoms with Crippen LogP contribution in [0.3, 0.4) is 0 Å². The van der Waals surface area contributed by atoms with Gasteiger partial charge in [-0.25, -0.2) is 14.7 Å². The number of aryl methyl sites for hydroxylation is 2. The van der Waals surface area contributed by atoms with E-state index in [2.05, 4.69) is 25.7 Å². The SMILES string of the molecule is CCNC(=NCc1ccc(-n2nc(C)cc2C)nc1)NCC(C)Oc1cccc(OC)c1.I. The lowest BCUT2D eigenvalue weighted by Crippen LogP contribution is -2.41. The number of pyridine rings is 1. The molecular formula is C24H33IN6O2. The molecule has 33 heavy (non-hydrogen) atoms. The lowest BCUT2D eigenvalue weighted by Gasteiger charge is -2.18. The van der Waals surface area contributed by atoms with Gasteiger partial charge in [0.2, 0.25) is 0 Å². The van der Waals surface area contributed by atoms with Crippen molar-refractivity contribution in [1.29, 1.82) is 0 Å². The highest BCUT2D eigenvalue weighted by Crippen LogP contribution is 2.19. The topological polar surface area (TPSA) is 85.6 Å². The number of rotatable bonds is 9. The Morgan fingerprint density at radius 2 is 1.91 bits per heavy atom. The number of hydrogen-bond donors (Lipinski definition) is 2. The molecule has 0 saturated carbocycles. The summed E-state index contributed by atoms with van der Waals surface area (Å²) in [7, 11) is 1.64. The first-order chi connectivity index (χ1) is 15.5. The van der Waals surface area contributed by atoms with Crippen LogP contribution in [0.25, 0.3) is 5.82 Å². The average molecular weight is 564 g/mol. The molecule has 1 aromatic carbocycles. The molecule has 0 radical (unpaired) electrons.